The molecule has 1 aromatic carbocycles. The Hall–Kier alpha value is -1.58. The SMILES string of the molecule is COc1cc(C(C)=O)cc(C(C)F)c1OC. The van der Waals surface area contributed by atoms with Crippen molar-refractivity contribution >= 4 is 5.78 Å². The normalized spacial score (nSPS) is 12.1. The Labute approximate surface area is 94.2 Å². The van der Waals surface area contributed by atoms with E-state index in [-0.39, 0.29) is 5.78 Å². The number of ether oxygens (including phenoxy) is 2. The summed E-state index contributed by atoms with van der Waals surface area (Å²) in [5, 5.41) is 0. The molecule has 0 heterocycles. The molecule has 0 bridgehead atoms. The second-order valence-electron chi connectivity index (χ2n) is 3.47. The molecule has 1 rings (SSSR count). The predicted octanol–water partition coefficient (Wildman–Crippen LogP) is 2.94. The number of methoxy groups -OCH3 is 2. The van der Waals surface area contributed by atoms with Crippen molar-refractivity contribution in [3.05, 3.63) is 23.3 Å². The minimum absolute atomic E-state index is 0.136. The van der Waals surface area contributed by atoms with Crippen LogP contribution in [0.2, 0.25) is 0 Å². The minimum atomic E-state index is -1.22. The number of ketones is 1. The van der Waals surface area contributed by atoms with Crippen LogP contribution in [0.3, 0.4) is 0 Å². The molecule has 0 N–H and O–H groups in total. The molecule has 0 saturated heterocycles. The number of alkyl halides is 1. The largest absolute Gasteiger partial charge is 0.493 e. The van der Waals surface area contributed by atoms with Crippen LogP contribution in [0, 0.1) is 0 Å². The first-order valence-electron chi connectivity index (χ1n) is 4.92. The van der Waals surface area contributed by atoms with Gasteiger partial charge in [-0.15, -0.1) is 0 Å². The summed E-state index contributed by atoms with van der Waals surface area (Å²) in [6, 6.07) is 3.04. The Morgan fingerprint density at radius 1 is 1.31 bits per heavy atom. The number of hydrogen-bond acceptors (Lipinski definition) is 3. The lowest BCUT2D eigenvalue weighted by Gasteiger charge is -2.14. The molecule has 1 unspecified atom stereocenters. The molecule has 16 heavy (non-hydrogen) atoms. The molecule has 0 radical (unpaired) electrons. The molecule has 0 aliphatic heterocycles. The van der Waals surface area contributed by atoms with Crippen molar-refractivity contribution in [2.75, 3.05) is 14.2 Å². The van der Waals surface area contributed by atoms with E-state index < -0.39 is 6.17 Å². The molecular formula is C12H15FO3. The summed E-state index contributed by atoms with van der Waals surface area (Å²) < 4.78 is 23.6. The smallest absolute Gasteiger partial charge is 0.166 e. The quantitative estimate of drug-likeness (QED) is 0.740. The fourth-order valence-electron chi connectivity index (χ4n) is 1.49. The van der Waals surface area contributed by atoms with Gasteiger partial charge < -0.3 is 9.47 Å². The Morgan fingerprint density at radius 2 is 1.94 bits per heavy atom. The zero-order chi connectivity index (χ0) is 12.3. The number of carbonyl (C=O) groups is 1. The third-order valence-corrected chi connectivity index (χ3v) is 2.34. The van der Waals surface area contributed by atoms with Crippen LogP contribution in [-0.4, -0.2) is 20.0 Å². The molecule has 0 aliphatic rings. The van der Waals surface area contributed by atoms with Gasteiger partial charge >= 0.3 is 0 Å². The van der Waals surface area contributed by atoms with Gasteiger partial charge in [0.05, 0.1) is 14.2 Å². The third-order valence-electron chi connectivity index (χ3n) is 2.34. The second kappa shape index (κ2) is 4.96. The lowest BCUT2D eigenvalue weighted by molar-refractivity contribution is 0.101. The van der Waals surface area contributed by atoms with Crippen LogP contribution < -0.4 is 9.47 Å². The molecular weight excluding hydrogens is 211 g/mol. The highest BCUT2D eigenvalue weighted by molar-refractivity contribution is 5.95. The van der Waals surface area contributed by atoms with Crippen molar-refractivity contribution in [2.24, 2.45) is 0 Å². The van der Waals surface area contributed by atoms with E-state index in [1.54, 1.807) is 6.07 Å². The van der Waals surface area contributed by atoms with Gasteiger partial charge in [-0.1, -0.05) is 0 Å². The predicted molar refractivity (Wildman–Crippen MR) is 59.1 cm³/mol. The standard InChI is InChI=1S/C12H15FO3/c1-7(13)10-5-9(8(2)14)6-11(15-3)12(10)16-4/h5-7H,1-4H3. The van der Waals surface area contributed by atoms with E-state index in [1.165, 1.54) is 34.1 Å². The zero-order valence-electron chi connectivity index (χ0n) is 9.83. The average molecular weight is 226 g/mol. The van der Waals surface area contributed by atoms with E-state index in [4.69, 9.17) is 9.47 Å². The molecule has 3 nitrogen and oxygen atoms in total. The maximum atomic E-state index is 13.4. The van der Waals surface area contributed by atoms with Crippen LogP contribution in [0.5, 0.6) is 11.5 Å². The monoisotopic (exact) mass is 226 g/mol. The van der Waals surface area contributed by atoms with Crippen LogP contribution >= 0.6 is 0 Å². The summed E-state index contributed by atoms with van der Waals surface area (Å²) in [6.45, 7) is 2.81. The summed E-state index contributed by atoms with van der Waals surface area (Å²) in [5.74, 6) is 0.569. The van der Waals surface area contributed by atoms with Gasteiger partial charge in [0.25, 0.3) is 0 Å². The topological polar surface area (TPSA) is 35.5 Å². The summed E-state index contributed by atoms with van der Waals surface area (Å²) in [4.78, 5) is 11.3. The number of rotatable bonds is 4. The van der Waals surface area contributed by atoms with Gasteiger partial charge in [0, 0.05) is 11.1 Å². The van der Waals surface area contributed by atoms with Gasteiger partial charge in [0.1, 0.15) is 6.17 Å². The van der Waals surface area contributed by atoms with Gasteiger partial charge in [-0.25, -0.2) is 4.39 Å². The molecule has 0 aromatic heterocycles. The molecule has 0 saturated carbocycles. The maximum absolute atomic E-state index is 13.4. The van der Waals surface area contributed by atoms with Gasteiger partial charge in [-0.3, -0.25) is 4.79 Å². The van der Waals surface area contributed by atoms with E-state index in [2.05, 4.69) is 0 Å². The van der Waals surface area contributed by atoms with Crippen molar-refractivity contribution in [1.29, 1.82) is 0 Å². The zero-order valence-corrected chi connectivity index (χ0v) is 9.83. The average Bonchev–Trinajstić information content (AvgIpc) is 2.26. The molecule has 88 valence electrons. The third kappa shape index (κ3) is 2.32. The molecule has 0 amide bonds. The fourth-order valence-corrected chi connectivity index (χ4v) is 1.49. The molecule has 4 heteroatoms. The first kappa shape index (κ1) is 12.5. The van der Waals surface area contributed by atoms with E-state index in [9.17, 15) is 9.18 Å². The second-order valence-corrected chi connectivity index (χ2v) is 3.47. The van der Waals surface area contributed by atoms with Gasteiger partial charge in [0.15, 0.2) is 17.3 Å². The maximum Gasteiger partial charge on any atom is 0.166 e. The lowest BCUT2D eigenvalue weighted by Crippen LogP contribution is -2.01. The summed E-state index contributed by atoms with van der Waals surface area (Å²) in [7, 11) is 2.89. The lowest BCUT2D eigenvalue weighted by atomic mass is 10.0. The van der Waals surface area contributed by atoms with Crippen molar-refractivity contribution in [3.63, 3.8) is 0 Å². The number of halogens is 1. The molecule has 0 aliphatic carbocycles. The Morgan fingerprint density at radius 3 is 2.31 bits per heavy atom. The van der Waals surface area contributed by atoms with Crippen molar-refractivity contribution in [1.82, 2.24) is 0 Å². The van der Waals surface area contributed by atoms with Gasteiger partial charge in [0.2, 0.25) is 0 Å². The van der Waals surface area contributed by atoms with Crippen LogP contribution in [0.15, 0.2) is 12.1 Å². The van der Waals surface area contributed by atoms with E-state index >= 15 is 0 Å². The first-order valence-corrected chi connectivity index (χ1v) is 4.92. The van der Waals surface area contributed by atoms with Crippen molar-refractivity contribution < 1.29 is 18.7 Å². The first-order chi connectivity index (χ1) is 7.51. The Bertz CT molecular complexity index is 399. The van der Waals surface area contributed by atoms with Crippen LogP contribution in [0.1, 0.15) is 35.9 Å². The molecule has 0 fully saturated rings. The summed E-state index contributed by atoms with van der Waals surface area (Å²) in [6.07, 6.45) is -1.22. The van der Waals surface area contributed by atoms with E-state index in [1.807, 2.05) is 0 Å². The number of benzene rings is 1. The highest BCUT2D eigenvalue weighted by Gasteiger charge is 2.18. The molecule has 1 aromatic rings. The van der Waals surface area contributed by atoms with Crippen molar-refractivity contribution in [3.8, 4) is 11.5 Å². The van der Waals surface area contributed by atoms with Crippen molar-refractivity contribution in [2.45, 2.75) is 20.0 Å². The van der Waals surface area contributed by atoms with E-state index in [0.717, 1.165) is 0 Å². The van der Waals surface area contributed by atoms with Crippen LogP contribution in [-0.2, 0) is 0 Å². The number of Topliss-reactive ketones (excluding diaryl/α,β-unsaturated/α-hetero) is 1. The van der Waals surface area contributed by atoms with Gasteiger partial charge in [-0.05, 0) is 26.0 Å². The Kier molecular flexibility index (Phi) is 3.88. The van der Waals surface area contributed by atoms with E-state index in [0.29, 0.717) is 22.6 Å². The highest BCUT2D eigenvalue weighted by atomic mass is 19.1. The minimum Gasteiger partial charge on any atom is -0.493 e. The van der Waals surface area contributed by atoms with Crippen LogP contribution in [0.4, 0.5) is 4.39 Å². The highest BCUT2D eigenvalue weighted by Crippen LogP contribution is 2.37. The summed E-state index contributed by atoms with van der Waals surface area (Å²) >= 11 is 0. The fraction of sp³-hybridized carbons (Fsp3) is 0.417. The molecule has 0 spiro atoms. The number of hydrogen-bond donors (Lipinski definition) is 0. The van der Waals surface area contributed by atoms with Gasteiger partial charge in [-0.2, -0.15) is 0 Å². The molecule has 1 atom stereocenters. The Balaban J connectivity index is 3.43. The number of carbonyl (C=O) groups excluding carboxylic acids is 1. The van der Waals surface area contributed by atoms with Crippen LogP contribution in [0.25, 0.3) is 0 Å². The summed E-state index contributed by atoms with van der Waals surface area (Å²) in [5.41, 5.74) is 0.740.